The molecular formula is C20H32N4O2. The van der Waals surface area contributed by atoms with Gasteiger partial charge in [0.15, 0.2) is 5.96 Å². The zero-order valence-electron chi connectivity index (χ0n) is 16.3. The maximum atomic E-state index is 11.1. The number of unbranched alkanes of at least 4 members (excludes halogenated alkanes) is 1. The summed E-state index contributed by atoms with van der Waals surface area (Å²) in [6.07, 6.45) is 4.73. The van der Waals surface area contributed by atoms with Gasteiger partial charge in [-0.2, -0.15) is 0 Å². The lowest BCUT2D eigenvalue weighted by Gasteiger charge is -2.22. The van der Waals surface area contributed by atoms with Gasteiger partial charge in [0.2, 0.25) is 0 Å². The molecular weight excluding hydrogens is 328 g/mol. The molecule has 0 aliphatic carbocycles. The molecule has 0 aromatic heterocycles. The van der Waals surface area contributed by atoms with Gasteiger partial charge in [0.25, 0.3) is 0 Å². The first-order chi connectivity index (χ1) is 12.6. The number of anilines is 1. The van der Waals surface area contributed by atoms with Crippen LogP contribution in [0.5, 0.6) is 0 Å². The number of ether oxygens (including phenoxy) is 1. The molecule has 1 aromatic carbocycles. The molecule has 1 aliphatic rings. The van der Waals surface area contributed by atoms with Gasteiger partial charge < -0.3 is 20.3 Å². The predicted octanol–water partition coefficient (Wildman–Crippen LogP) is 2.86. The first-order valence-corrected chi connectivity index (χ1v) is 9.53. The van der Waals surface area contributed by atoms with E-state index in [1.54, 1.807) is 7.05 Å². The molecule has 1 unspecified atom stereocenters. The van der Waals surface area contributed by atoms with Gasteiger partial charge in [-0.3, -0.25) is 9.79 Å². The average Bonchev–Trinajstić information content (AvgIpc) is 3.21. The Kier molecular flexibility index (Phi) is 8.25. The molecule has 144 valence electrons. The van der Waals surface area contributed by atoms with E-state index in [-0.39, 0.29) is 12.0 Å². The Morgan fingerprint density at radius 1 is 1.31 bits per heavy atom. The summed E-state index contributed by atoms with van der Waals surface area (Å²) in [7, 11) is 3.20. The second kappa shape index (κ2) is 10.7. The molecule has 0 amide bonds. The summed E-state index contributed by atoms with van der Waals surface area (Å²) in [5, 5.41) is 6.75. The Hall–Kier alpha value is -2.24. The number of guanidine groups is 1. The number of nitrogens with one attached hydrogen (secondary N) is 2. The standard InChI is InChI=1S/C20H32N4O2/c1-16(17-9-8-10-18(15-17)24-13-6-7-14-24)23-20(21-2)22-12-5-4-11-19(25)26-3/h8-10,15-16H,4-7,11-14H2,1-3H3,(H2,21,22,23). The first-order valence-electron chi connectivity index (χ1n) is 9.53. The molecule has 1 aliphatic heterocycles. The molecule has 0 spiro atoms. The van der Waals surface area contributed by atoms with E-state index in [0.29, 0.717) is 6.42 Å². The largest absolute Gasteiger partial charge is 0.469 e. The molecule has 2 N–H and O–H groups in total. The third kappa shape index (κ3) is 6.24. The van der Waals surface area contributed by atoms with Crippen molar-refractivity contribution in [1.29, 1.82) is 0 Å². The van der Waals surface area contributed by atoms with Crippen molar-refractivity contribution < 1.29 is 9.53 Å². The van der Waals surface area contributed by atoms with Crippen molar-refractivity contribution in [3.05, 3.63) is 29.8 Å². The fraction of sp³-hybridized carbons (Fsp3) is 0.600. The van der Waals surface area contributed by atoms with Gasteiger partial charge in [-0.1, -0.05) is 12.1 Å². The topological polar surface area (TPSA) is 66.0 Å². The van der Waals surface area contributed by atoms with Crippen LogP contribution in [0.2, 0.25) is 0 Å². The molecule has 1 saturated heterocycles. The zero-order chi connectivity index (χ0) is 18.8. The second-order valence-corrected chi connectivity index (χ2v) is 6.69. The lowest BCUT2D eigenvalue weighted by Crippen LogP contribution is -2.39. The van der Waals surface area contributed by atoms with Gasteiger partial charge in [0, 0.05) is 38.8 Å². The Bertz CT molecular complexity index is 597. The van der Waals surface area contributed by atoms with Crippen LogP contribution < -0.4 is 15.5 Å². The summed E-state index contributed by atoms with van der Waals surface area (Å²) in [5.74, 6) is 0.626. The van der Waals surface area contributed by atoms with E-state index < -0.39 is 0 Å². The quantitative estimate of drug-likeness (QED) is 0.323. The molecule has 0 saturated carbocycles. The second-order valence-electron chi connectivity index (χ2n) is 6.69. The lowest BCUT2D eigenvalue weighted by molar-refractivity contribution is -0.140. The van der Waals surface area contributed by atoms with Crippen LogP contribution in [0.25, 0.3) is 0 Å². The summed E-state index contributed by atoms with van der Waals surface area (Å²) in [5.41, 5.74) is 2.56. The highest BCUT2D eigenvalue weighted by molar-refractivity contribution is 5.80. The monoisotopic (exact) mass is 360 g/mol. The van der Waals surface area contributed by atoms with Crippen LogP contribution in [-0.2, 0) is 9.53 Å². The zero-order valence-corrected chi connectivity index (χ0v) is 16.3. The number of nitrogens with zero attached hydrogens (tertiary/aromatic N) is 2. The SMILES string of the molecule is CN=C(NCCCCC(=O)OC)NC(C)c1cccc(N2CCCC2)c1. The van der Waals surface area contributed by atoms with Gasteiger partial charge in [-0.05, 0) is 50.3 Å². The van der Waals surface area contributed by atoms with E-state index in [4.69, 9.17) is 0 Å². The molecule has 6 heteroatoms. The van der Waals surface area contributed by atoms with Gasteiger partial charge in [-0.15, -0.1) is 0 Å². The fourth-order valence-corrected chi connectivity index (χ4v) is 3.15. The molecule has 1 heterocycles. The van der Waals surface area contributed by atoms with E-state index >= 15 is 0 Å². The maximum Gasteiger partial charge on any atom is 0.305 e. The van der Waals surface area contributed by atoms with Crippen LogP contribution in [0, 0.1) is 0 Å². The number of aliphatic imine (C=N–C) groups is 1. The number of benzene rings is 1. The van der Waals surface area contributed by atoms with Crippen LogP contribution in [0.1, 0.15) is 50.6 Å². The first kappa shape index (κ1) is 20.1. The predicted molar refractivity (Wildman–Crippen MR) is 107 cm³/mol. The van der Waals surface area contributed by atoms with Gasteiger partial charge in [0.1, 0.15) is 0 Å². The fourth-order valence-electron chi connectivity index (χ4n) is 3.15. The highest BCUT2D eigenvalue weighted by Crippen LogP contribution is 2.23. The minimum absolute atomic E-state index is 0.154. The van der Waals surface area contributed by atoms with E-state index in [0.717, 1.165) is 38.4 Å². The number of hydrogen-bond donors (Lipinski definition) is 2. The Morgan fingerprint density at radius 3 is 2.77 bits per heavy atom. The van der Waals surface area contributed by atoms with E-state index in [1.165, 1.54) is 31.2 Å². The maximum absolute atomic E-state index is 11.1. The summed E-state index contributed by atoms with van der Waals surface area (Å²) in [6.45, 7) is 5.23. The van der Waals surface area contributed by atoms with Crippen molar-refractivity contribution in [2.24, 2.45) is 4.99 Å². The minimum atomic E-state index is -0.154. The smallest absolute Gasteiger partial charge is 0.305 e. The minimum Gasteiger partial charge on any atom is -0.469 e. The average molecular weight is 361 g/mol. The Balaban J connectivity index is 1.80. The summed E-state index contributed by atoms with van der Waals surface area (Å²) >= 11 is 0. The van der Waals surface area contributed by atoms with Crippen molar-refractivity contribution in [3.8, 4) is 0 Å². The Morgan fingerprint density at radius 2 is 2.08 bits per heavy atom. The summed E-state index contributed by atoms with van der Waals surface area (Å²) in [6, 6.07) is 8.91. The highest BCUT2D eigenvalue weighted by Gasteiger charge is 2.14. The molecule has 2 rings (SSSR count). The van der Waals surface area contributed by atoms with Crippen LogP contribution in [0.15, 0.2) is 29.3 Å². The van der Waals surface area contributed by atoms with Crippen LogP contribution in [0.3, 0.4) is 0 Å². The number of methoxy groups -OCH3 is 1. The van der Waals surface area contributed by atoms with Crippen molar-refractivity contribution in [3.63, 3.8) is 0 Å². The van der Waals surface area contributed by atoms with Crippen LogP contribution in [-0.4, -0.2) is 45.7 Å². The van der Waals surface area contributed by atoms with Gasteiger partial charge >= 0.3 is 5.97 Å². The van der Waals surface area contributed by atoms with Crippen molar-refractivity contribution in [2.45, 2.75) is 45.1 Å². The number of rotatable bonds is 8. The van der Waals surface area contributed by atoms with Crippen molar-refractivity contribution >= 4 is 17.6 Å². The molecule has 6 nitrogen and oxygen atoms in total. The molecule has 1 fully saturated rings. The molecule has 0 bridgehead atoms. The van der Waals surface area contributed by atoms with Crippen molar-refractivity contribution in [2.75, 3.05) is 38.7 Å². The third-order valence-electron chi connectivity index (χ3n) is 4.75. The van der Waals surface area contributed by atoms with E-state index in [2.05, 4.69) is 56.5 Å². The van der Waals surface area contributed by atoms with E-state index in [1.807, 2.05) is 0 Å². The summed E-state index contributed by atoms with van der Waals surface area (Å²) in [4.78, 5) is 17.9. The van der Waals surface area contributed by atoms with Crippen molar-refractivity contribution in [1.82, 2.24) is 10.6 Å². The molecule has 1 atom stereocenters. The Labute approximate surface area is 157 Å². The van der Waals surface area contributed by atoms with Crippen LogP contribution >= 0.6 is 0 Å². The van der Waals surface area contributed by atoms with Crippen LogP contribution in [0.4, 0.5) is 5.69 Å². The lowest BCUT2D eigenvalue weighted by atomic mass is 10.1. The van der Waals surface area contributed by atoms with Gasteiger partial charge in [0.05, 0.1) is 13.2 Å². The number of esters is 1. The molecule has 26 heavy (non-hydrogen) atoms. The molecule has 1 aromatic rings. The third-order valence-corrected chi connectivity index (χ3v) is 4.75. The van der Waals surface area contributed by atoms with Gasteiger partial charge in [-0.25, -0.2) is 0 Å². The summed E-state index contributed by atoms with van der Waals surface area (Å²) < 4.78 is 4.65. The number of hydrogen-bond acceptors (Lipinski definition) is 4. The highest BCUT2D eigenvalue weighted by atomic mass is 16.5. The molecule has 0 radical (unpaired) electrons. The van der Waals surface area contributed by atoms with E-state index in [9.17, 15) is 4.79 Å². The number of carbonyl (C=O) groups is 1. The number of carbonyl (C=O) groups excluding carboxylic acids is 1. The normalized spacial score (nSPS) is 15.7.